The quantitative estimate of drug-likeness (QED) is 0.735. The van der Waals surface area contributed by atoms with Crippen LogP contribution in [0.2, 0.25) is 0 Å². The number of hydrogen-bond acceptors (Lipinski definition) is 4. The van der Waals surface area contributed by atoms with Gasteiger partial charge in [0.2, 0.25) is 0 Å². The van der Waals surface area contributed by atoms with Gasteiger partial charge in [-0.25, -0.2) is 9.07 Å². The average molecular weight is 360 g/mol. The van der Waals surface area contributed by atoms with Gasteiger partial charge < -0.3 is 10.1 Å². The van der Waals surface area contributed by atoms with Crippen LogP contribution in [0.5, 0.6) is 0 Å². The number of aromatic nitrogens is 2. The summed E-state index contributed by atoms with van der Waals surface area (Å²) in [5.41, 5.74) is 2.00. The van der Waals surface area contributed by atoms with E-state index >= 15 is 0 Å². The first-order valence-electron chi connectivity index (χ1n) is 9.48. The van der Waals surface area contributed by atoms with Gasteiger partial charge in [0.25, 0.3) is 0 Å². The van der Waals surface area contributed by atoms with Gasteiger partial charge in [0.1, 0.15) is 5.82 Å². The van der Waals surface area contributed by atoms with Crippen molar-refractivity contribution in [1.29, 1.82) is 0 Å². The molecule has 1 fully saturated rings. The molecule has 1 aliphatic rings. The van der Waals surface area contributed by atoms with Crippen LogP contribution in [0.3, 0.4) is 0 Å². The second-order valence-corrected chi connectivity index (χ2v) is 7.17. The van der Waals surface area contributed by atoms with Gasteiger partial charge in [-0.2, -0.15) is 5.10 Å². The van der Waals surface area contributed by atoms with Gasteiger partial charge in [-0.3, -0.25) is 4.90 Å². The zero-order valence-corrected chi connectivity index (χ0v) is 15.7. The van der Waals surface area contributed by atoms with E-state index in [2.05, 4.69) is 29.2 Å². The Bertz CT molecular complexity index is 663. The van der Waals surface area contributed by atoms with Crippen molar-refractivity contribution < 1.29 is 9.13 Å². The summed E-state index contributed by atoms with van der Waals surface area (Å²) in [6.45, 7) is 9.32. The Labute approximate surface area is 155 Å². The Kier molecular flexibility index (Phi) is 6.77. The Balaban J connectivity index is 1.32. The van der Waals surface area contributed by atoms with E-state index in [9.17, 15) is 4.39 Å². The molecule has 5 nitrogen and oxygen atoms in total. The van der Waals surface area contributed by atoms with Crippen molar-refractivity contribution in [2.75, 3.05) is 26.2 Å². The summed E-state index contributed by atoms with van der Waals surface area (Å²) in [5, 5.41) is 7.82. The molecule has 0 bridgehead atoms. The molecule has 3 rings (SSSR count). The second-order valence-electron chi connectivity index (χ2n) is 7.17. The normalized spacial score (nSPS) is 21.2. The lowest BCUT2D eigenvalue weighted by molar-refractivity contribution is -0.0681. The van der Waals surface area contributed by atoms with Gasteiger partial charge in [-0.1, -0.05) is 0 Å². The molecule has 6 heteroatoms. The number of nitrogens with zero attached hydrogens (tertiary/aromatic N) is 3. The van der Waals surface area contributed by atoms with Crippen LogP contribution in [-0.2, 0) is 11.3 Å². The van der Waals surface area contributed by atoms with Crippen LogP contribution in [0.1, 0.15) is 32.3 Å². The van der Waals surface area contributed by atoms with E-state index in [0.29, 0.717) is 12.2 Å². The van der Waals surface area contributed by atoms with Gasteiger partial charge in [-0.05, 0) is 64.0 Å². The van der Waals surface area contributed by atoms with E-state index in [0.717, 1.165) is 50.4 Å². The minimum absolute atomic E-state index is 0.233. The highest BCUT2D eigenvalue weighted by Gasteiger charge is 2.21. The second kappa shape index (κ2) is 9.26. The third kappa shape index (κ3) is 5.62. The Morgan fingerprint density at radius 1 is 1.15 bits per heavy atom. The molecule has 0 saturated carbocycles. The predicted octanol–water partition coefficient (Wildman–Crippen LogP) is 2.99. The molecule has 142 valence electrons. The van der Waals surface area contributed by atoms with E-state index in [-0.39, 0.29) is 5.82 Å². The molecule has 1 saturated heterocycles. The lowest BCUT2D eigenvalue weighted by Gasteiger charge is -2.35. The molecule has 2 atom stereocenters. The molecular weight excluding hydrogens is 331 g/mol. The highest BCUT2D eigenvalue weighted by Crippen LogP contribution is 2.11. The van der Waals surface area contributed by atoms with Crippen molar-refractivity contribution in [1.82, 2.24) is 20.0 Å². The fourth-order valence-electron chi connectivity index (χ4n) is 3.47. The van der Waals surface area contributed by atoms with E-state index in [1.54, 1.807) is 16.8 Å². The molecule has 1 aliphatic heterocycles. The molecule has 0 amide bonds. The summed E-state index contributed by atoms with van der Waals surface area (Å²) in [6, 6.07) is 6.36. The standard InChI is InChI=1S/C20H29FN4O/c1-16-13-24(14-17(2)26-16)10-4-3-9-22-11-18-12-23-25(15-18)20-7-5-19(21)6-8-20/h5-8,12,15-17,22H,3-4,9-11,13-14H2,1-2H3/t16-,17-/m1/s1. The first kappa shape index (κ1) is 19.0. The molecule has 0 aliphatic carbocycles. The van der Waals surface area contributed by atoms with Crippen LogP contribution in [-0.4, -0.2) is 53.1 Å². The van der Waals surface area contributed by atoms with E-state index < -0.39 is 0 Å². The van der Waals surface area contributed by atoms with Crippen molar-refractivity contribution in [3.63, 3.8) is 0 Å². The third-order valence-electron chi connectivity index (χ3n) is 4.63. The molecule has 26 heavy (non-hydrogen) atoms. The van der Waals surface area contributed by atoms with E-state index in [1.807, 2.05) is 12.4 Å². The Morgan fingerprint density at radius 3 is 2.62 bits per heavy atom. The number of nitrogens with one attached hydrogen (secondary N) is 1. The van der Waals surface area contributed by atoms with Gasteiger partial charge in [-0.15, -0.1) is 0 Å². The summed E-state index contributed by atoms with van der Waals surface area (Å²) in [7, 11) is 0. The predicted molar refractivity (Wildman–Crippen MR) is 101 cm³/mol. The fourth-order valence-corrected chi connectivity index (χ4v) is 3.47. The van der Waals surface area contributed by atoms with Crippen molar-refractivity contribution in [3.8, 4) is 5.69 Å². The maximum Gasteiger partial charge on any atom is 0.123 e. The molecule has 0 radical (unpaired) electrons. The SMILES string of the molecule is C[C@@H]1CN(CCCCNCc2cnn(-c3ccc(F)cc3)c2)C[C@@H](C)O1. The van der Waals surface area contributed by atoms with Crippen LogP contribution >= 0.6 is 0 Å². The smallest absolute Gasteiger partial charge is 0.123 e. The first-order valence-corrected chi connectivity index (χ1v) is 9.48. The first-order chi connectivity index (χ1) is 12.6. The Hall–Kier alpha value is -1.76. The summed E-state index contributed by atoms with van der Waals surface area (Å²) in [6.07, 6.45) is 6.88. The minimum atomic E-state index is -0.233. The van der Waals surface area contributed by atoms with Crippen LogP contribution in [0, 0.1) is 5.82 Å². The lowest BCUT2D eigenvalue weighted by atomic mass is 10.2. The van der Waals surface area contributed by atoms with Gasteiger partial charge in [0.05, 0.1) is 24.1 Å². The van der Waals surface area contributed by atoms with Crippen LogP contribution in [0.25, 0.3) is 5.69 Å². The highest BCUT2D eigenvalue weighted by molar-refractivity contribution is 5.31. The number of benzene rings is 1. The van der Waals surface area contributed by atoms with Crippen LogP contribution in [0.15, 0.2) is 36.7 Å². The van der Waals surface area contributed by atoms with Crippen molar-refractivity contribution in [2.24, 2.45) is 0 Å². The highest BCUT2D eigenvalue weighted by atomic mass is 19.1. The van der Waals surface area contributed by atoms with Crippen LogP contribution in [0.4, 0.5) is 4.39 Å². The number of rotatable bonds is 8. The van der Waals surface area contributed by atoms with Crippen molar-refractivity contribution in [2.45, 2.75) is 45.4 Å². The lowest BCUT2D eigenvalue weighted by Crippen LogP contribution is -2.45. The van der Waals surface area contributed by atoms with E-state index in [1.165, 1.54) is 18.6 Å². The number of ether oxygens (including phenoxy) is 1. The van der Waals surface area contributed by atoms with Gasteiger partial charge >= 0.3 is 0 Å². The number of morpholine rings is 1. The van der Waals surface area contributed by atoms with Crippen molar-refractivity contribution >= 4 is 0 Å². The summed E-state index contributed by atoms with van der Waals surface area (Å²) in [4.78, 5) is 2.51. The van der Waals surface area contributed by atoms with Crippen LogP contribution < -0.4 is 5.32 Å². The largest absolute Gasteiger partial charge is 0.373 e. The molecule has 0 unspecified atom stereocenters. The Morgan fingerprint density at radius 2 is 1.88 bits per heavy atom. The molecule has 2 aromatic rings. The van der Waals surface area contributed by atoms with E-state index in [4.69, 9.17) is 4.74 Å². The van der Waals surface area contributed by atoms with Gasteiger partial charge in [0, 0.05) is 31.4 Å². The zero-order chi connectivity index (χ0) is 18.4. The van der Waals surface area contributed by atoms with Gasteiger partial charge in [0.15, 0.2) is 0 Å². The molecule has 1 N–H and O–H groups in total. The topological polar surface area (TPSA) is 42.3 Å². The number of hydrogen-bond donors (Lipinski definition) is 1. The molecule has 1 aromatic heterocycles. The fraction of sp³-hybridized carbons (Fsp3) is 0.550. The summed E-state index contributed by atoms with van der Waals surface area (Å²) >= 11 is 0. The average Bonchev–Trinajstić information content (AvgIpc) is 3.06. The van der Waals surface area contributed by atoms with Crippen molar-refractivity contribution in [3.05, 3.63) is 48.0 Å². The summed E-state index contributed by atoms with van der Waals surface area (Å²) < 4.78 is 20.5. The maximum atomic E-state index is 13.0. The maximum absolute atomic E-state index is 13.0. The zero-order valence-electron chi connectivity index (χ0n) is 15.7. The third-order valence-corrected chi connectivity index (χ3v) is 4.63. The molecular formula is C20H29FN4O. The molecule has 1 aromatic carbocycles. The molecule has 0 spiro atoms. The summed E-state index contributed by atoms with van der Waals surface area (Å²) in [5.74, 6) is -0.233. The molecule has 2 heterocycles. The monoisotopic (exact) mass is 360 g/mol. The number of unbranched alkanes of at least 4 members (excludes halogenated alkanes) is 1. The number of halogens is 1. The minimum Gasteiger partial charge on any atom is -0.373 e.